The number of hydrogen-bond acceptors (Lipinski definition) is 7. The van der Waals surface area contributed by atoms with Crippen molar-refractivity contribution in [1.29, 1.82) is 0 Å². The molecular formula is C71H121N13O2. The van der Waals surface area contributed by atoms with Crippen molar-refractivity contribution in [1.82, 2.24) is 57.7 Å². The van der Waals surface area contributed by atoms with Gasteiger partial charge < -0.3 is 33.9 Å². The molecule has 7 aromatic rings. The second-order valence-electron chi connectivity index (χ2n) is 26.0. The van der Waals surface area contributed by atoms with Crippen molar-refractivity contribution >= 4 is 5.82 Å². The zero-order chi connectivity index (χ0) is 65.9. The predicted octanol–water partition coefficient (Wildman–Crippen LogP) is 17.6. The second kappa shape index (κ2) is 34.7. The van der Waals surface area contributed by atoms with E-state index in [4.69, 9.17) is 5.73 Å². The number of pyridine rings is 1. The molecule has 2 aliphatic rings. The third-order valence-corrected chi connectivity index (χ3v) is 17.3. The van der Waals surface area contributed by atoms with Gasteiger partial charge in [-0.3, -0.25) is 19.1 Å². The van der Waals surface area contributed by atoms with Gasteiger partial charge in [-0.1, -0.05) is 38.3 Å². The van der Waals surface area contributed by atoms with Gasteiger partial charge in [0.05, 0.1) is 17.7 Å². The molecule has 1 fully saturated rings. The molecule has 0 atom stereocenters. The first kappa shape index (κ1) is 75.6. The van der Waals surface area contributed by atoms with Crippen LogP contribution in [-0.4, -0.2) is 70.3 Å². The molecule has 1 saturated carbocycles. The van der Waals surface area contributed by atoms with Gasteiger partial charge in [-0.05, 0) is 253 Å². The molecule has 0 amide bonds. The Labute approximate surface area is 521 Å². The summed E-state index contributed by atoms with van der Waals surface area (Å²) in [6, 6.07) is 11.4. The monoisotopic (exact) mass is 1190 g/mol. The van der Waals surface area contributed by atoms with Crippen LogP contribution in [0, 0.1) is 96.9 Å². The maximum Gasteiger partial charge on any atom is 0.326 e. The number of allylic oxidation sites excluding steroid dienone is 1. The Morgan fingerprint density at radius 3 is 1.34 bits per heavy atom. The number of imidazole rings is 2. The van der Waals surface area contributed by atoms with E-state index in [1.807, 2.05) is 105 Å². The molecule has 8 heterocycles. The van der Waals surface area contributed by atoms with Gasteiger partial charge in [-0.2, -0.15) is 10.2 Å². The normalized spacial score (nSPS) is 13.0. The molecule has 0 saturated heterocycles. The summed E-state index contributed by atoms with van der Waals surface area (Å²) >= 11 is 0. The Bertz CT molecular complexity index is 3180. The number of H-pyrrole nitrogens is 2. The Morgan fingerprint density at radius 1 is 0.535 bits per heavy atom. The molecule has 0 spiro atoms. The fraction of sp³-hybridized carbons (Fsp3) is 0.620. The van der Waals surface area contributed by atoms with E-state index in [1.165, 1.54) is 95.1 Å². The lowest BCUT2D eigenvalue weighted by atomic mass is 10.1. The number of nitrogens with one attached hydrogen (secondary N) is 2. The van der Waals surface area contributed by atoms with Gasteiger partial charge in [0.15, 0.2) is 0 Å². The Hall–Kier alpha value is -6.51. The van der Waals surface area contributed by atoms with Crippen LogP contribution in [0.5, 0.6) is 0 Å². The quantitative estimate of drug-likeness (QED) is 0.136. The van der Waals surface area contributed by atoms with Gasteiger partial charge in [0, 0.05) is 124 Å². The number of nitrogens with zero attached hydrogens (tertiary/aromatic N) is 10. The summed E-state index contributed by atoms with van der Waals surface area (Å²) in [7, 11) is 0. The molecule has 0 radical (unpaired) electrons. The number of aromatic nitrogens is 11. The lowest BCUT2D eigenvalue weighted by Crippen LogP contribution is -2.26. The SMILES string of the molecule is CC1=C(C)N(C(C)C)CC1.Cc1[nH]c(=O)n(C(C)C)c1C.Cc1[nH]nc(C(C)C)c1C.Cc1c(N)nn(C(C)C)c1C.Cc1ccc(=O)n(C(C)C)c1C.Cc1ccn(C(C)C)c1C.Cc1ccn(C2CCCC2)c1C.Cc1ncn(C(C)C)c1C. The van der Waals surface area contributed by atoms with E-state index in [0.717, 1.165) is 40.1 Å². The fourth-order valence-corrected chi connectivity index (χ4v) is 10.8. The molecule has 15 heteroatoms. The maximum absolute atomic E-state index is 11.4. The summed E-state index contributed by atoms with van der Waals surface area (Å²) in [6.45, 7) is 64.4. The topological polar surface area (TPSA) is 163 Å². The molecule has 1 aliphatic heterocycles. The van der Waals surface area contributed by atoms with E-state index in [0.29, 0.717) is 35.9 Å². The first-order valence-electron chi connectivity index (χ1n) is 31.9. The standard InChI is InChI=1S/C11H17N.C10H15NO.C9H17N.C9H15N.C8H15N3.C8H14N2O.2C8H14N2/c1-9-7-8-12(10(9)2)11-5-3-4-6-11;1-7(2)11-9(4)8(3)5-6-10(11)12;2*1-7(2)10-6-5-8(3)9(10)4;1-5(2)11-7(4)6(3)8(9)10-11;1-5(2)10-7(4)6(3)9-8(10)11;1-6(2)10-5-9-7(3)8(10)4;1-5(2)8-6(3)7(4)9-10-8/h7-8,11H,3-6H2,1-2H3;5-7H,1-4H3;7H,5-6H2,1-4H3;5-7H,1-4H3;5H,1-4H3,(H2,9,10);5H,1-4H3,(H,9,11);5-6H,1-4H3;5H,1-4H3,(H,9,10). The fourth-order valence-electron chi connectivity index (χ4n) is 10.8. The Balaban J connectivity index is 0.000000336. The number of rotatable bonds is 8. The molecule has 0 aromatic carbocycles. The number of hydrogen-bond donors (Lipinski definition) is 3. The maximum atomic E-state index is 11.4. The number of nitrogen functional groups attached to an aromatic ring is 1. The lowest BCUT2D eigenvalue weighted by Gasteiger charge is -2.24. The van der Waals surface area contributed by atoms with Gasteiger partial charge in [-0.25, -0.2) is 9.78 Å². The summed E-state index contributed by atoms with van der Waals surface area (Å²) in [6.07, 6.45) is 13.2. The molecule has 86 heavy (non-hydrogen) atoms. The number of aryl methyl sites for hydroxylation is 6. The highest BCUT2D eigenvalue weighted by Crippen LogP contribution is 2.31. The highest BCUT2D eigenvalue weighted by Gasteiger charge is 2.19. The van der Waals surface area contributed by atoms with Gasteiger partial charge in [-0.15, -0.1) is 0 Å². The van der Waals surface area contributed by atoms with Gasteiger partial charge in [0.25, 0.3) is 5.56 Å². The molecular weight excluding hydrogens is 1070 g/mol. The second-order valence-corrected chi connectivity index (χ2v) is 26.0. The van der Waals surface area contributed by atoms with E-state index in [-0.39, 0.29) is 23.3 Å². The van der Waals surface area contributed by atoms with Crippen LogP contribution in [0.25, 0.3) is 0 Å². The van der Waals surface area contributed by atoms with Crippen molar-refractivity contribution < 1.29 is 0 Å². The minimum atomic E-state index is -0.00463. The molecule has 9 rings (SSSR count). The van der Waals surface area contributed by atoms with Crippen LogP contribution in [0.15, 0.2) is 63.8 Å². The minimum absolute atomic E-state index is 0.00463. The minimum Gasteiger partial charge on any atom is -0.382 e. The highest BCUT2D eigenvalue weighted by molar-refractivity contribution is 5.41. The van der Waals surface area contributed by atoms with Crippen molar-refractivity contribution in [3.63, 3.8) is 0 Å². The van der Waals surface area contributed by atoms with Gasteiger partial charge in [0.2, 0.25) is 0 Å². The van der Waals surface area contributed by atoms with E-state index >= 15 is 0 Å². The molecule has 4 N–H and O–H groups in total. The number of anilines is 1. The molecule has 7 aromatic heterocycles. The first-order chi connectivity index (χ1) is 39.9. The molecule has 0 unspecified atom stereocenters. The first-order valence-corrected chi connectivity index (χ1v) is 31.9. The zero-order valence-corrected chi connectivity index (χ0v) is 59.8. The predicted molar refractivity (Wildman–Crippen MR) is 367 cm³/mol. The summed E-state index contributed by atoms with van der Waals surface area (Å²) < 4.78 is 12.4. The van der Waals surface area contributed by atoms with Gasteiger partial charge in [0.1, 0.15) is 5.82 Å². The summed E-state index contributed by atoms with van der Waals surface area (Å²) in [5.74, 6) is 1.18. The van der Waals surface area contributed by atoms with Crippen molar-refractivity contribution in [3.8, 4) is 0 Å². The van der Waals surface area contributed by atoms with Crippen LogP contribution >= 0.6 is 0 Å². The smallest absolute Gasteiger partial charge is 0.326 e. The van der Waals surface area contributed by atoms with Crippen LogP contribution in [0.2, 0.25) is 0 Å². The zero-order valence-electron chi connectivity index (χ0n) is 59.8. The average Bonchev–Trinajstić information content (AvgIpc) is 3.84. The largest absolute Gasteiger partial charge is 0.382 e. The van der Waals surface area contributed by atoms with Crippen LogP contribution in [-0.2, 0) is 0 Å². The molecule has 0 bridgehead atoms. The molecule has 482 valence electrons. The van der Waals surface area contributed by atoms with Crippen molar-refractivity contribution in [2.24, 2.45) is 0 Å². The molecule has 15 nitrogen and oxygen atoms in total. The van der Waals surface area contributed by atoms with Crippen molar-refractivity contribution in [2.75, 3.05) is 12.3 Å². The van der Waals surface area contributed by atoms with Crippen LogP contribution in [0.1, 0.15) is 270 Å². The van der Waals surface area contributed by atoms with E-state index < -0.39 is 0 Å². The van der Waals surface area contributed by atoms with Crippen LogP contribution in [0.3, 0.4) is 0 Å². The van der Waals surface area contributed by atoms with Crippen molar-refractivity contribution in [2.45, 2.75) is 288 Å². The van der Waals surface area contributed by atoms with Crippen molar-refractivity contribution in [3.05, 3.63) is 160 Å². The van der Waals surface area contributed by atoms with Crippen LogP contribution < -0.4 is 17.0 Å². The molecule has 1 aliphatic carbocycles. The van der Waals surface area contributed by atoms with Gasteiger partial charge >= 0.3 is 5.69 Å². The Morgan fingerprint density at radius 2 is 1.07 bits per heavy atom. The number of nitrogens with two attached hydrogens (primary N) is 1. The average molecular weight is 1190 g/mol. The van der Waals surface area contributed by atoms with E-state index in [1.54, 1.807) is 16.2 Å². The third kappa shape index (κ3) is 21.1. The number of aromatic amines is 2. The summed E-state index contributed by atoms with van der Waals surface area (Å²) in [4.78, 5) is 32.0. The van der Waals surface area contributed by atoms with E-state index in [2.05, 4.69) is 193 Å². The highest BCUT2D eigenvalue weighted by atomic mass is 16.1. The summed E-state index contributed by atoms with van der Waals surface area (Å²) in [5.41, 5.74) is 27.0. The van der Waals surface area contributed by atoms with Crippen LogP contribution in [0.4, 0.5) is 5.82 Å². The van der Waals surface area contributed by atoms with E-state index in [9.17, 15) is 9.59 Å². The summed E-state index contributed by atoms with van der Waals surface area (Å²) in [5, 5.41) is 11.4. The third-order valence-electron chi connectivity index (χ3n) is 17.3. The Kier molecular flexibility index (Phi) is 30.5. The lowest BCUT2D eigenvalue weighted by molar-refractivity contribution is 0.310.